The van der Waals surface area contributed by atoms with Crippen molar-refractivity contribution in [2.75, 3.05) is 5.75 Å². The Labute approximate surface area is 115 Å². The van der Waals surface area contributed by atoms with Crippen molar-refractivity contribution in [3.05, 3.63) is 46.4 Å². The van der Waals surface area contributed by atoms with Gasteiger partial charge in [0.1, 0.15) is 5.78 Å². The van der Waals surface area contributed by atoms with Gasteiger partial charge in [0.15, 0.2) is 5.16 Å². The van der Waals surface area contributed by atoms with Gasteiger partial charge in [-0.25, -0.2) is 9.89 Å². The molecule has 0 unspecified atom stereocenters. The number of hydrogen-bond donors (Lipinski definition) is 1. The third-order valence-electron chi connectivity index (χ3n) is 2.59. The number of carbonyl (C=O) groups excluding carboxylic acids is 1. The number of ketones is 1. The summed E-state index contributed by atoms with van der Waals surface area (Å²) in [6.07, 6.45) is 0.758. The molecule has 1 heterocycles. The molecule has 0 saturated carbocycles. The molecule has 0 amide bonds. The molecule has 0 aliphatic rings. The van der Waals surface area contributed by atoms with E-state index < -0.39 is 0 Å². The first-order valence-corrected chi connectivity index (χ1v) is 6.97. The van der Waals surface area contributed by atoms with Gasteiger partial charge in [-0.15, -0.1) is 5.10 Å². The molecule has 0 radical (unpaired) electrons. The topological polar surface area (TPSA) is 67.8 Å². The zero-order chi connectivity index (χ0) is 13.7. The predicted molar refractivity (Wildman–Crippen MR) is 74.4 cm³/mol. The number of aromatic nitrogens is 3. The molecular weight excluding hydrogens is 262 g/mol. The van der Waals surface area contributed by atoms with Gasteiger partial charge in [0.25, 0.3) is 0 Å². The van der Waals surface area contributed by atoms with Crippen molar-refractivity contribution >= 4 is 17.5 Å². The minimum atomic E-state index is -0.234. The van der Waals surface area contributed by atoms with Crippen molar-refractivity contribution < 1.29 is 4.79 Å². The van der Waals surface area contributed by atoms with Gasteiger partial charge in [-0.1, -0.05) is 42.1 Å². The smallest absolute Gasteiger partial charge is 0.299 e. The summed E-state index contributed by atoms with van der Waals surface area (Å²) in [7, 11) is 0. The van der Waals surface area contributed by atoms with Gasteiger partial charge < -0.3 is 0 Å². The van der Waals surface area contributed by atoms with Gasteiger partial charge in [0.05, 0.1) is 5.75 Å². The van der Waals surface area contributed by atoms with Crippen LogP contribution in [0.15, 0.2) is 40.3 Å². The van der Waals surface area contributed by atoms with Crippen LogP contribution < -0.4 is 5.69 Å². The van der Waals surface area contributed by atoms with Crippen LogP contribution in [0.4, 0.5) is 0 Å². The molecule has 19 heavy (non-hydrogen) atoms. The van der Waals surface area contributed by atoms with Crippen LogP contribution >= 0.6 is 11.8 Å². The molecular formula is C13H15N3O2S. The summed E-state index contributed by atoms with van der Waals surface area (Å²) in [5.74, 6) is 0.394. The SMILES string of the molecule is CC(=O)CSc1n[nH]c(=O)n1CCc1ccccc1. The van der Waals surface area contributed by atoms with E-state index >= 15 is 0 Å². The first kappa shape index (κ1) is 13.6. The van der Waals surface area contributed by atoms with Gasteiger partial charge in [0.2, 0.25) is 0 Å². The Bertz CT molecular complexity index is 604. The Kier molecular flexibility index (Phi) is 4.57. The number of nitrogens with one attached hydrogen (secondary N) is 1. The van der Waals surface area contributed by atoms with Crippen LogP contribution in [0.2, 0.25) is 0 Å². The largest absolute Gasteiger partial charge is 0.343 e. The highest BCUT2D eigenvalue weighted by molar-refractivity contribution is 7.99. The summed E-state index contributed by atoms with van der Waals surface area (Å²) in [5, 5.41) is 6.92. The van der Waals surface area contributed by atoms with E-state index in [-0.39, 0.29) is 11.5 Å². The maximum atomic E-state index is 11.7. The Morgan fingerprint density at radius 2 is 2.11 bits per heavy atom. The van der Waals surface area contributed by atoms with Crippen LogP contribution in [-0.2, 0) is 17.8 Å². The number of Topliss-reactive ketones (excluding diaryl/α,β-unsaturated/α-hetero) is 1. The Morgan fingerprint density at radius 1 is 1.37 bits per heavy atom. The van der Waals surface area contributed by atoms with Crippen LogP contribution in [0.25, 0.3) is 0 Å². The fraction of sp³-hybridized carbons (Fsp3) is 0.308. The molecule has 100 valence electrons. The second kappa shape index (κ2) is 6.38. The first-order chi connectivity index (χ1) is 9.16. The Morgan fingerprint density at radius 3 is 2.79 bits per heavy atom. The summed E-state index contributed by atoms with van der Waals surface area (Å²) in [4.78, 5) is 22.6. The zero-order valence-corrected chi connectivity index (χ0v) is 11.4. The second-order valence-electron chi connectivity index (χ2n) is 4.19. The predicted octanol–water partition coefficient (Wildman–Crippen LogP) is 1.50. The highest BCUT2D eigenvalue weighted by Gasteiger charge is 2.09. The van der Waals surface area contributed by atoms with Crippen molar-refractivity contribution in [1.29, 1.82) is 0 Å². The van der Waals surface area contributed by atoms with Gasteiger partial charge in [0, 0.05) is 6.54 Å². The molecule has 0 atom stereocenters. The van der Waals surface area contributed by atoms with Crippen molar-refractivity contribution in [3.8, 4) is 0 Å². The first-order valence-electron chi connectivity index (χ1n) is 5.98. The third-order valence-corrected chi connectivity index (χ3v) is 3.72. The molecule has 6 heteroatoms. The summed E-state index contributed by atoms with van der Waals surface area (Å²) < 4.78 is 1.57. The number of aromatic amines is 1. The van der Waals surface area contributed by atoms with E-state index in [2.05, 4.69) is 10.2 Å². The maximum absolute atomic E-state index is 11.7. The third kappa shape index (κ3) is 3.82. The van der Waals surface area contributed by atoms with Gasteiger partial charge >= 0.3 is 5.69 Å². The molecule has 1 aromatic carbocycles. The molecule has 0 saturated heterocycles. The van der Waals surface area contributed by atoms with Crippen molar-refractivity contribution in [2.45, 2.75) is 25.0 Å². The van der Waals surface area contributed by atoms with E-state index in [1.54, 1.807) is 4.57 Å². The molecule has 0 bridgehead atoms. The van der Waals surface area contributed by atoms with Gasteiger partial charge in [-0.05, 0) is 18.9 Å². The highest BCUT2D eigenvalue weighted by atomic mass is 32.2. The summed E-state index contributed by atoms with van der Waals surface area (Å²) in [6, 6.07) is 9.94. The van der Waals surface area contributed by atoms with Crippen molar-refractivity contribution in [3.63, 3.8) is 0 Å². The standard InChI is InChI=1S/C13H15N3O2S/c1-10(17)9-19-13-15-14-12(18)16(13)8-7-11-5-3-2-4-6-11/h2-6H,7-9H2,1H3,(H,14,18). The highest BCUT2D eigenvalue weighted by Crippen LogP contribution is 2.13. The van der Waals surface area contributed by atoms with E-state index in [9.17, 15) is 9.59 Å². The molecule has 1 aromatic heterocycles. The number of nitrogens with zero attached hydrogens (tertiary/aromatic N) is 2. The second-order valence-corrected chi connectivity index (χ2v) is 5.13. The molecule has 0 aliphatic heterocycles. The summed E-state index contributed by atoms with van der Waals surface area (Å²) in [6.45, 7) is 2.08. The van der Waals surface area contributed by atoms with E-state index in [0.29, 0.717) is 17.5 Å². The fourth-order valence-electron chi connectivity index (χ4n) is 1.66. The minimum absolute atomic E-state index is 0.0649. The monoisotopic (exact) mass is 277 g/mol. The lowest BCUT2D eigenvalue weighted by molar-refractivity contribution is -0.114. The summed E-state index contributed by atoms with van der Waals surface area (Å²) in [5.41, 5.74) is 0.931. The van der Waals surface area contributed by atoms with Crippen molar-refractivity contribution in [1.82, 2.24) is 14.8 Å². The van der Waals surface area contributed by atoms with Crippen molar-refractivity contribution in [2.24, 2.45) is 0 Å². The lowest BCUT2D eigenvalue weighted by Gasteiger charge is -2.04. The number of hydrogen-bond acceptors (Lipinski definition) is 4. The summed E-state index contributed by atoms with van der Waals surface area (Å²) >= 11 is 1.28. The average Bonchev–Trinajstić information content (AvgIpc) is 2.76. The molecule has 5 nitrogen and oxygen atoms in total. The van der Waals surface area contributed by atoms with Crippen LogP contribution in [0.3, 0.4) is 0 Å². The molecule has 0 aliphatic carbocycles. The van der Waals surface area contributed by atoms with Gasteiger partial charge in [-0.3, -0.25) is 9.36 Å². The zero-order valence-electron chi connectivity index (χ0n) is 10.6. The van der Waals surface area contributed by atoms with Gasteiger partial charge in [-0.2, -0.15) is 0 Å². The average molecular weight is 277 g/mol. The lowest BCUT2D eigenvalue weighted by Crippen LogP contribution is -2.19. The molecule has 2 rings (SSSR count). The maximum Gasteiger partial charge on any atom is 0.343 e. The van der Waals surface area contributed by atoms with Crippen LogP contribution in [0.1, 0.15) is 12.5 Å². The van der Waals surface area contributed by atoms with E-state index in [0.717, 1.165) is 12.0 Å². The van der Waals surface area contributed by atoms with Crippen LogP contribution in [0, 0.1) is 0 Å². The quantitative estimate of drug-likeness (QED) is 0.812. The number of benzene rings is 1. The number of H-pyrrole nitrogens is 1. The molecule has 2 aromatic rings. The minimum Gasteiger partial charge on any atom is -0.299 e. The molecule has 0 fully saturated rings. The fourth-order valence-corrected chi connectivity index (χ4v) is 2.43. The van der Waals surface area contributed by atoms with E-state index in [1.165, 1.54) is 18.7 Å². The number of thioether (sulfide) groups is 1. The van der Waals surface area contributed by atoms with Crippen LogP contribution in [-0.4, -0.2) is 26.3 Å². The Hall–Kier alpha value is -1.82. The number of carbonyl (C=O) groups is 1. The Balaban J connectivity index is 2.05. The number of aryl methyl sites for hydroxylation is 1. The number of rotatable bonds is 6. The molecule has 1 N–H and O–H groups in total. The van der Waals surface area contributed by atoms with Crippen LogP contribution in [0.5, 0.6) is 0 Å². The van der Waals surface area contributed by atoms with E-state index in [4.69, 9.17) is 0 Å². The lowest BCUT2D eigenvalue weighted by atomic mass is 10.1. The normalized spacial score (nSPS) is 10.6. The van der Waals surface area contributed by atoms with E-state index in [1.807, 2.05) is 30.3 Å². The molecule has 0 spiro atoms.